The van der Waals surface area contributed by atoms with Gasteiger partial charge in [0.15, 0.2) is 0 Å². The molecule has 0 saturated carbocycles. The first kappa shape index (κ1) is 8.55. The number of fused-ring (bicyclic) bond motifs is 1. The van der Waals surface area contributed by atoms with Gasteiger partial charge < -0.3 is 0 Å². The zero-order chi connectivity index (χ0) is 9.47. The van der Waals surface area contributed by atoms with E-state index in [1.54, 1.807) is 0 Å². The molecular weight excluding hydrogens is 156 g/mol. The van der Waals surface area contributed by atoms with Gasteiger partial charge >= 0.3 is 0 Å². The summed E-state index contributed by atoms with van der Waals surface area (Å²) in [5.74, 6) is 0. The first-order valence-electron chi connectivity index (χ1n) is 4.87. The van der Waals surface area contributed by atoms with Crippen LogP contribution in [0, 0.1) is 5.41 Å². The molecule has 13 heavy (non-hydrogen) atoms. The Labute approximate surface area is 80.3 Å². The first-order chi connectivity index (χ1) is 6.10. The van der Waals surface area contributed by atoms with Gasteiger partial charge in [0.25, 0.3) is 0 Å². The molecule has 0 fully saturated rings. The van der Waals surface area contributed by atoms with E-state index in [1.807, 2.05) is 0 Å². The molecule has 0 aliphatic heterocycles. The van der Waals surface area contributed by atoms with Crippen LogP contribution in [0.2, 0.25) is 0 Å². The quantitative estimate of drug-likeness (QED) is 0.521. The Morgan fingerprint density at radius 2 is 1.92 bits per heavy atom. The molecule has 2 rings (SSSR count). The predicted molar refractivity (Wildman–Crippen MR) is 57.5 cm³/mol. The monoisotopic (exact) mass is 172 g/mol. The molecule has 68 valence electrons. The van der Waals surface area contributed by atoms with Crippen molar-refractivity contribution in [2.75, 3.05) is 0 Å². The van der Waals surface area contributed by atoms with Crippen LogP contribution in [-0.2, 0) is 0 Å². The van der Waals surface area contributed by atoms with E-state index in [9.17, 15) is 0 Å². The van der Waals surface area contributed by atoms with Gasteiger partial charge in [-0.2, -0.15) is 0 Å². The molecule has 0 aromatic carbocycles. The maximum absolute atomic E-state index is 2.38. The lowest BCUT2D eigenvalue weighted by Crippen LogP contribution is -2.19. The molecule has 0 amide bonds. The van der Waals surface area contributed by atoms with Gasteiger partial charge in [-0.3, -0.25) is 0 Å². The molecule has 0 bridgehead atoms. The van der Waals surface area contributed by atoms with Crippen molar-refractivity contribution in [3.63, 3.8) is 0 Å². The summed E-state index contributed by atoms with van der Waals surface area (Å²) in [7, 11) is 0. The van der Waals surface area contributed by atoms with E-state index < -0.39 is 0 Å². The zero-order valence-electron chi connectivity index (χ0n) is 8.59. The molecule has 0 radical (unpaired) electrons. The summed E-state index contributed by atoms with van der Waals surface area (Å²) in [6.07, 6.45) is 12.6. The third-order valence-corrected chi connectivity index (χ3v) is 2.96. The van der Waals surface area contributed by atoms with Crippen molar-refractivity contribution in [2.24, 2.45) is 5.41 Å². The van der Waals surface area contributed by atoms with Crippen LogP contribution in [0.15, 0.2) is 47.1 Å². The van der Waals surface area contributed by atoms with Crippen molar-refractivity contribution >= 4 is 0 Å². The Kier molecular flexibility index (Phi) is 1.80. The maximum atomic E-state index is 2.38. The largest absolute Gasteiger partial charge is 0.0804 e. The van der Waals surface area contributed by atoms with Crippen LogP contribution in [0.5, 0.6) is 0 Å². The molecule has 0 saturated heterocycles. The molecule has 0 aromatic rings. The molecular formula is C13H16. The smallest absolute Gasteiger partial charge is 0.0144 e. The van der Waals surface area contributed by atoms with Gasteiger partial charge in [-0.25, -0.2) is 0 Å². The van der Waals surface area contributed by atoms with E-state index in [-0.39, 0.29) is 5.41 Å². The van der Waals surface area contributed by atoms with Gasteiger partial charge in [0.1, 0.15) is 0 Å². The third kappa shape index (κ3) is 1.41. The van der Waals surface area contributed by atoms with Crippen LogP contribution in [0.3, 0.4) is 0 Å². The Hall–Kier alpha value is -1.04. The summed E-state index contributed by atoms with van der Waals surface area (Å²) in [5.41, 5.74) is 4.49. The molecule has 0 spiro atoms. The minimum atomic E-state index is 0.262. The fourth-order valence-corrected chi connectivity index (χ4v) is 2.11. The van der Waals surface area contributed by atoms with Gasteiger partial charge in [0.05, 0.1) is 0 Å². The number of hydrogen-bond acceptors (Lipinski definition) is 0. The molecule has 2 aliphatic carbocycles. The molecule has 1 unspecified atom stereocenters. The van der Waals surface area contributed by atoms with E-state index in [1.165, 1.54) is 16.7 Å². The van der Waals surface area contributed by atoms with E-state index in [2.05, 4.69) is 51.2 Å². The lowest BCUT2D eigenvalue weighted by molar-refractivity contribution is 0.520. The summed E-state index contributed by atoms with van der Waals surface area (Å²) < 4.78 is 0. The minimum Gasteiger partial charge on any atom is -0.0804 e. The highest BCUT2D eigenvalue weighted by molar-refractivity contribution is 5.47. The van der Waals surface area contributed by atoms with Gasteiger partial charge in [0, 0.05) is 5.41 Å². The Balaban J connectivity index is 2.45. The average Bonchev–Trinajstić information content (AvgIpc) is 2.06. The van der Waals surface area contributed by atoms with E-state index >= 15 is 0 Å². The molecule has 0 heterocycles. The topological polar surface area (TPSA) is 0 Å². The number of rotatable bonds is 0. The normalized spacial score (nSPS) is 31.8. The second kappa shape index (κ2) is 2.73. The summed E-state index contributed by atoms with van der Waals surface area (Å²) >= 11 is 0. The zero-order valence-corrected chi connectivity index (χ0v) is 8.59. The first-order valence-corrected chi connectivity index (χ1v) is 4.87. The average molecular weight is 172 g/mol. The standard InChI is InChI=1S/C13H16/c1-10-6-7-13(3)9-11(2)4-5-12(13)8-10/h4-6,8-9H,7H2,1-3H3. The van der Waals surface area contributed by atoms with E-state index in [4.69, 9.17) is 0 Å². The molecule has 1 atom stereocenters. The van der Waals surface area contributed by atoms with Crippen molar-refractivity contribution in [3.05, 3.63) is 47.1 Å². The van der Waals surface area contributed by atoms with E-state index in [0.717, 1.165) is 6.42 Å². The fourth-order valence-electron chi connectivity index (χ4n) is 2.11. The van der Waals surface area contributed by atoms with Crippen LogP contribution in [0.4, 0.5) is 0 Å². The van der Waals surface area contributed by atoms with Crippen LogP contribution in [-0.4, -0.2) is 0 Å². The highest BCUT2D eigenvalue weighted by atomic mass is 14.3. The SMILES string of the molecule is CC1=CCC2(C)C=C(C)C=CC2=C1. The number of hydrogen-bond donors (Lipinski definition) is 0. The van der Waals surface area contributed by atoms with Crippen molar-refractivity contribution in [1.82, 2.24) is 0 Å². The van der Waals surface area contributed by atoms with Crippen molar-refractivity contribution < 1.29 is 0 Å². The summed E-state index contributed by atoms with van der Waals surface area (Å²) in [6.45, 7) is 6.66. The number of allylic oxidation sites excluding steroid dienone is 8. The Morgan fingerprint density at radius 1 is 1.15 bits per heavy atom. The second-order valence-corrected chi connectivity index (χ2v) is 4.39. The molecule has 0 heteroatoms. The van der Waals surface area contributed by atoms with Gasteiger partial charge in [-0.05, 0) is 25.8 Å². The fraction of sp³-hybridized carbons (Fsp3) is 0.385. The molecule has 0 N–H and O–H groups in total. The summed E-state index contributed by atoms with van der Waals surface area (Å²) in [6, 6.07) is 0. The predicted octanol–water partition coefficient (Wildman–Crippen LogP) is 3.79. The van der Waals surface area contributed by atoms with Crippen LogP contribution >= 0.6 is 0 Å². The van der Waals surface area contributed by atoms with Gasteiger partial charge in [-0.15, -0.1) is 0 Å². The van der Waals surface area contributed by atoms with Crippen LogP contribution in [0.1, 0.15) is 27.2 Å². The van der Waals surface area contributed by atoms with Crippen molar-refractivity contribution in [1.29, 1.82) is 0 Å². The maximum Gasteiger partial charge on any atom is 0.0144 e. The Bertz CT molecular complexity index is 350. The lowest BCUT2D eigenvalue weighted by atomic mass is 9.72. The molecule has 0 aromatic heterocycles. The highest BCUT2D eigenvalue weighted by Gasteiger charge is 2.28. The molecule has 2 aliphatic rings. The van der Waals surface area contributed by atoms with Crippen LogP contribution < -0.4 is 0 Å². The van der Waals surface area contributed by atoms with Crippen LogP contribution in [0.25, 0.3) is 0 Å². The van der Waals surface area contributed by atoms with Crippen molar-refractivity contribution in [3.8, 4) is 0 Å². The van der Waals surface area contributed by atoms with E-state index in [0.29, 0.717) is 0 Å². The van der Waals surface area contributed by atoms with Crippen molar-refractivity contribution in [2.45, 2.75) is 27.2 Å². The highest BCUT2D eigenvalue weighted by Crippen LogP contribution is 2.41. The molecule has 0 nitrogen and oxygen atoms in total. The lowest BCUT2D eigenvalue weighted by Gasteiger charge is -2.32. The minimum absolute atomic E-state index is 0.262. The second-order valence-electron chi connectivity index (χ2n) is 4.39. The third-order valence-electron chi connectivity index (χ3n) is 2.96. The summed E-state index contributed by atoms with van der Waals surface area (Å²) in [4.78, 5) is 0. The van der Waals surface area contributed by atoms with Gasteiger partial charge in [0.2, 0.25) is 0 Å². The summed E-state index contributed by atoms with van der Waals surface area (Å²) in [5, 5.41) is 0. The Morgan fingerprint density at radius 3 is 2.69 bits per heavy atom. The van der Waals surface area contributed by atoms with Gasteiger partial charge in [-0.1, -0.05) is 48.5 Å².